The van der Waals surface area contributed by atoms with Gasteiger partial charge in [0.1, 0.15) is 0 Å². The van der Waals surface area contributed by atoms with Crippen LogP contribution in [0.15, 0.2) is 24.3 Å². The van der Waals surface area contributed by atoms with Crippen LogP contribution in [0.2, 0.25) is 0 Å². The molecule has 2 rings (SSSR count). The number of anilines is 1. The van der Waals surface area contributed by atoms with Crippen LogP contribution in [-0.2, 0) is 6.42 Å². The fraction of sp³-hybridized carbons (Fsp3) is 0.588. The molecule has 1 aliphatic carbocycles. The van der Waals surface area contributed by atoms with Gasteiger partial charge in [-0.05, 0) is 67.9 Å². The van der Waals surface area contributed by atoms with Crippen molar-refractivity contribution in [3.05, 3.63) is 29.8 Å². The monoisotopic (exact) mass is 290 g/mol. The quantitative estimate of drug-likeness (QED) is 0.828. The predicted octanol–water partition coefficient (Wildman–Crippen LogP) is 4.46. The molecule has 110 valence electrons. The molecule has 1 aliphatic rings. The fourth-order valence-electron chi connectivity index (χ4n) is 2.88. The lowest BCUT2D eigenvalue weighted by Gasteiger charge is -2.35. The molecule has 0 unspecified atom stereocenters. The van der Waals surface area contributed by atoms with Crippen LogP contribution in [0, 0.1) is 5.92 Å². The summed E-state index contributed by atoms with van der Waals surface area (Å²) in [5.41, 5.74) is 2.44. The Morgan fingerprint density at radius 3 is 2.65 bits per heavy atom. The van der Waals surface area contributed by atoms with Gasteiger partial charge in [0, 0.05) is 18.8 Å². The highest BCUT2D eigenvalue weighted by Gasteiger charge is 2.23. The van der Waals surface area contributed by atoms with Crippen molar-refractivity contribution in [3.63, 3.8) is 0 Å². The van der Waals surface area contributed by atoms with Crippen molar-refractivity contribution in [1.29, 1.82) is 0 Å². The van der Waals surface area contributed by atoms with Gasteiger partial charge in [-0.3, -0.25) is 0 Å². The van der Waals surface area contributed by atoms with Crippen molar-refractivity contribution < 1.29 is 0 Å². The van der Waals surface area contributed by atoms with E-state index in [2.05, 4.69) is 55.4 Å². The van der Waals surface area contributed by atoms with Gasteiger partial charge in [0.05, 0.1) is 0 Å². The van der Waals surface area contributed by atoms with E-state index in [-0.39, 0.29) is 0 Å². The first-order valence-electron chi connectivity index (χ1n) is 7.73. The molecule has 0 spiro atoms. The van der Waals surface area contributed by atoms with Gasteiger partial charge < -0.3 is 10.2 Å². The number of nitrogens with one attached hydrogen (secondary N) is 1. The van der Waals surface area contributed by atoms with Crippen LogP contribution in [0.3, 0.4) is 0 Å². The summed E-state index contributed by atoms with van der Waals surface area (Å²) in [7, 11) is 2.12. The van der Waals surface area contributed by atoms with E-state index in [4.69, 9.17) is 12.2 Å². The van der Waals surface area contributed by atoms with E-state index < -0.39 is 0 Å². The van der Waals surface area contributed by atoms with Gasteiger partial charge in [-0.1, -0.05) is 26.0 Å². The molecule has 1 N–H and O–H groups in total. The van der Waals surface area contributed by atoms with Crippen molar-refractivity contribution in [1.82, 2.24) is 4.90 Å². The molecule has 0 saturated heterocycles. The van der Waals surface area contributed by atoms with E-state index in [0.717, 1.165) is 23.1 Å². The molecule has 0 heterocycles. The first kappa shape index (κ1) is 15.3. The van der Waals surface area contributed by atoms with Crippen LogP contribution in [0.25, 0.3) is 0 Å². The molecule has 2 nitrogen and oxygen atoms in total. The van der Waals surface area contributed by atoms with Crippen LogP contribution < -0.4 is 5.32 Å². The predicted molar refractivity (Wildman–Crippen MR) is 91.2 cm³/mol. The summed E-state index contributed by atoms with van der Waals surface area (Å²) in [6, 6.07) is 9.11. The lowest BCUT2D eigenvalue weighted by molar-refractivity contribution is 0.241. The summed E-state index contributed by atoms with van der Waals surface area (Å²) >= 11 is 5.56. The topological polar surface area (TPSA) is 15.3 Å². The molecule has 0 radical (unpaired) electrons. The van der Waals surface area contributed by atoms with Crippen LogP contribution in [0.5, 0.6) is 0 Å². The number of rotatable bonds is 3. The lowest BCUT2D eigenvalue weighted by Crippen LogP contribution is -2.41. The minimum atomic E-state index is 0.598. The summed E-state index contributed by atoms with van der Waals surface area (Å²) < 4.78 is 0. The third-order valence-electron chi connectivity index (χ3n) is 4.44. The molecular formula is C17H26N2S. The number of thiocarbonyl (C=S) groups is 1. The highest BCUT2D eigenvalue weighted by molar-refractivity contribution is 7.80. The molecule has 1 saturated carbocycles. The third-order valence-corrected chi connectivity index (χ3v) is 4.83. The average Bonchev–Trinajstić information content (AvgIpc) is 2.47. The maximum Gasteiger partial charge on any atom is 0.173 e. The van der Waals surface area contributed by atoms with E-state index in [1.165, 1.54) is 31.2 Å². The zero-order chi connectivity index (χ0) is 14.5. The summed E-state index contributed by atoms with van der Waals surface area (Å²) in [5.74, 6) is 0.877. The third kappa shape index (κ3) is 3.95. The molecule has 0 aromatic heterocycles. The largest absolute Gasteiger partial charge is 0.349 e. The van der Waals surface area contributed by atoms with Crippen molar-refractivity contribution in [2.45, 2.75) is 52.0 Å². The molecule has 20 heavy (non-hydrogen) atoms. The number of aryl methyl sites for hydroxylation is 1. The van der Waals surface area contributed by atoms with E-state index in [9.17, 15) is 0 Å². The summed E-state index contributed by atoms with van der Waals surface area (Å²) in [6.45, 7) is 4.52. The first-order chi connectivity index (χ1) is 9.60. The lowest BCUT2D eigenvalue weighted by atomic mass is 9.87. The van der Waals surface area contributed by atoms with Gasteiger partial charge in [-0.25, -0.2) is 0 Å². The highest BCUT2D eigenvalue weighted by Crippen LogP contribution is 2.26. The van der Waals surface area contributed by atoms with Crippen LogP contribution in [0.4, 0.5) is 5.69 Å². The first-order valence-corrected chi connectivity index (χ1v) is 8.13. The second-order valence-electron chi connectivity index (χ2n) is 6.01. The Morgan fingerprint density at radius 1 is 1.30 bits per heavy atom. The highest BCUT2D eigenvalue weighted by atomic mass is 32.1. The van der Waals surface area contributed by atoms with Gasteiger partial charge in [0.25, 0.3) is 0 Å². The molecule has 1 aromatic carbocycles. The van der Waals surface area contributed by atoms with Gasteiger partial charge >= 0.3 is 0 Å². The number of hydrogen-bond acceptors (Lipinski definition) is 1. The second-order valence-corrected chi connectivity index (χ2v) is 6.40. The minimum Gasteiger partial charge on any atom is -0.349 e. The smallest absolute Gasteiger partial charge is 0.173 e. The Bertz CT molecular complexity index is 450. The molecular weight excluding hydrogens is 264 g/mol. The molecule has 0 aliphatic heterocycles. The average molecular weight is 290 g/mol. The Kier molecular flexibility index (Phi) is 5.41. The number of nitrogens with zero attached hydrogens (tertiary/aromatic N) is 1. The van der Waals surface area contributed by atoms with Gasteiger partial charge in [-0.15, -0.1) is 0 Å². The summed E-state index contributed by atoms with van der Waals surface area (Å²) in [4.78, 5) is 2.25. The fourth-order valence-corrected chi connectivity index (χ4v) is 3.14. The number of hydrogen-bond donors (Lipinski definition) is 1. The van der Waals surface area contributed by atoms with Crippen molar-refractivity contribution >= 4 is 23.0 Å². The van der Waals surface area contributed by atoms with Gasteiger partial charge in [0.2, 0.25) is 0 Å². The van der Waals surface area contributed by atoms with Gasteiger partial charge in [0.15, 0.2) is 5.11 Å². The Labute approximate surface area is 128 Å². The Morgan fingerprint density at radius 2 is 2.00 bits per heavy atom. The molecule has 3 heteroatoms. The molecule has 1 aromatic rings. The summed E-state index contributed by atoms with van der Waals surface area (Å²) in [6.07, 6.45) is 6.22. The maximum absolute atomic E-state index is 5.56. The van der Waals surface area contributed by atoms with Crippen molar-refractivity contribution in [2.75, 3.05) is 12.4 Å². The van der Waals surface area contributed by atoms with Crippen molar-refractivity contribution in [3.8, 4) is 0 Å². The molecule has 0 bridgehead atoms. The SMILES string of the molecule is CCc1cccc(NC(=S)N(C)C2CCC(C)CC2)c1. The van der Waals surface area contributed by atoms with E-state index >= 15 is 0 Å². The Balaban J connectivity index is 1.93. The molecule has 1 fully saturated rings. The number of benzene rings is 1. The zero-order valence-corrected chi connectivity index (χ0v) is 13.7. The maximum atomic E-state index is 5.56. The normalized spacial score (nSPS) is 22.4. The van der Waals surface area contributed by atoms with Crippen molar-refractivity contribution in [2.24, 2.45) is 5.92 Å². The van der Waals surface area contributed by atoms with E-state index in [1.807, 2.05) is 0 Å². The standard InChI is InChI=1S/C17H26N2S/c1-4-14-6-5-7-15(12-14)18-17(20)19(3)16-10-8-13(2)9-11-16/h5-7,12-13,16H,4,8-11H2,1-3H3,(H,18,20). The Hall–Kier alpha value is -1.09. The molecule has 0 atom stereocenters. The van der Waals surface area contributed by atoms with Crippen LogP contribution in [0.1, 0.15) is 45.1 Å². The summed E-state index contributed by atoms with van der Waals surface area (Å²) in [5, 5.41) is 4.23. The van der Waals surface area contributed by atoms with Crippen LogP contribution >= 0.6 is 12.2 Å². The second kappa shape index (κ2) is 7.07. The van der Waals surface area contributed by atoms with E-state index in [1.54, 1.807) is 0 Å². The van der Waals surface area contributed by atoms with Crippen LogP contribution in [-0.4, -0.2) is 23.1 Å². The minimum absolute atomic E-state index is 0.598. The zero-order valence-electron chi connectivity index (χ0n) is 12.9. The van der Waals surface area contributed by atoms with Gasteiger partial charge in [-0.2, -0.15) is 0 Å². The molecule has 0 amide bonds. The van der Waals surface area contributed by atoms with E-state index in [0.29, 0.717) is 6.04 Å².